The van der Waals surface area contributed by atoms with Crippen molar-refractivity contribution in [2.75, 3.05) is 20.6 Å². The van der Waals surface area contributed by atoms with Gasteiger partial charge < -0.3 is 5.32 Å². The molecule has 5 nitrogen and oxygen atoms in total. The third kappa shape index (κ3) is 1.78. The first-order valence-electron chi connectivity index (χ1n) is 4.79. The maximum Gasteiger partial charge on any atom is 0.451 e. The van der Waals surface area contributed by atoms with Gasteiger partial charge in [0.25, 0.3) is 0 Å². The molecule has 0 aliphatic carbocycles. The zero-order valence-corrected chi connectivity index (χ0v) is 8.91. The van der Waals surface area contributed by atoms with Crippen molar-refractivity contribution >= 4 is 0 Å². The Bertz CT molecular complexity index is 384. The molecule has 0 bridgehead atoms. The molecule has 2 heterocycles. The van der Waals surface area contributed by atoms with Crippen LogP contribution in [0.3, 0.4) is 0 Å². The maximum absolute atomic E-state index is 12.7. The fraction of sp³-hybridized carbons (Fsp3) is 0.750. The molecule has 1 aliphatic heterocycles. The number of halogens is 3. The molecule has 1 atom stereocenters. The van der Waals surface area contributed by atoms with Gasteiger partial charge in [0.05, 0.1) is 6.54 Å². The molecule has 1 N–H and O–H groups in total. The van der Waals surface area contributed by atoms with E-state index in [0.29, 0.717) is 18.9 Å². The monoisotopic (exact) mass is 235 g/mol. The predicted octanol–water partition coefficient (Wildman–Crippen LogP) is 0.460. The third-order valence-corrected chi connectivity index (χ3v) is 2.52. The lowest BCUT2D eigenvalue weighted by molar-refractivity contribution is -0.149. The number of rotatable bonds is 1. The van der Waals surface area contributed by atoms with Crippen LogP contribution in [0.1, 0.15) is 17.8 Å². The fourth-order valence-electron chi connectivity index (χ4n) is 1.77. The standard InChI is InChI=1S/C8H12F3N5/c1-15(2)6-4-12-3-5-13-14-7(16(5)6)8(9,10)11/h6,12H,3-4H2,1-2H3. The SMILES string of the molecule is CN(C)C1CNCc2nnc(C(F)(F)F)n21. The minimum Gasteiger partial charge on any atom is -0.306 e. The van der Waals surface area contributed by atoms with E-state index in [1.54, 1.807) is 19.0 Å². The third-order valence-electron chi connectivity index (χ3n) is 2.52. The summed E-state index contributed by atoms with van der Waals surface area (Å²) in [6.45, 7) is 0.758. The normalized spacial score (nSPS) is 21.2. The Balaban J connectivity index is 2.48. The molecule has 1 aliphatic rings. The van der Waals surface area contributed by atoms with Gasteiger partial charge in [-0.05, 0) is 14.1 Å². The van der Waals surface area contributed by atoms with Gasteiger partial charge in [0.2, 0.25) is 5.82 Å². The Labute approximate surface area is 90.2 Å². The van der Waals surface area contributed by atoms with Crippen LogP contribution in [0.15, 0.2) is 0 Å². The Morgan fingerprint density at radius 2 is 2.06 bits per heavy atom. The molecule has 0 aromatic carbocycles. The second-order valence-electron chi connectivity index (χ2n) is 3.88. The lowest BCUT2D eigenvalue weighted by Crippen LogP contribution is -2.42. The molecule has 0 saturated carbocycles. The summed E-state index contributed by atoms with van der Waals surface area (Å²) in [6.07, 6.45) is -4.87. The van der Waals surface area contributed by atoms with Gasteiger partial charge in [-0.25, -0.2) is 0 Å². The number of hydrogen-bond acceptors (Lipinski definition) is 4. The molecule has 0 spiro atoms. The topological polar surface area (TPSA) is 46.0 Å². The van der Waals surface area contributed by atoms with Crippen molar-refractivity contribution < 1.29 is 13.2 Å². The van der Waals surface area contributed by atoms with Crippen molar-refractivity contribution in [3.05, 3.63) is 11.6 Å². The summed E-state index contributed by atoms with van der Waals surface area (Å²) in [5.74, 6) is -0.611. The van der Waals surface area contributed by atoms with Crippen molar-refractivity contribution in [3.63, 3.8) is 0 Å². The molecule has 0 radical (unpaired) electrons. The van der Waals surface area contributed by atoms with Crippen LogP contribution in [0.2, 0.25) is 0 Å². The number of nitrogens with one attached hydrogen (secondary N) is 1. The van der Waals surface area contributed by atoms with Crippen molar-refractivity contribution in [2.24, 2.45) is 0 Å². The van der Waals surface area contributed by atoms with Crippen molar-refractivity contribution in [3.8, 4) is 0 Å². The molecular formula is C8H12F3N5. The number of alkyl halides is 3. The first kappa shape index (κ1) is 11.3. The molecule has 0 fully saturated rings. The summed E-state index contributed by atoms with van der Waals surface area (Å²) in [7, 11) is 3.45. The number of fused-ring (bicyclic) bond motifs is 1. The molecule has 1 aromatic heterocycles. The van der Waals surface area contributed by atoms with E-state index in [2.05, 4.69) is 15.5 Å². The average Bonchev–Trinajstić information content (AvgIpc) is 2.59. The van der Waals surface area contributed by atoms with E-state index in [4.69, 9.17) is 0 Å². The van der Waals surface area contributed by atoms with Gasteiger partial charge in [-0.3, -0.25) is 9.47 Å². The highest BCUT2D eigenvalue weighted by Crippen LogP contribution is 2.31. The summed E-state index contributed by atoms with van der Waals surface area (Å²) in [4.78, 5) is 1.70. The first-order chi connectivity index (χ1) is 7.41. The van der Waals surface area contributed by atoms with E-state index in [1.807, 2.05) is 0 Å². The van der Waals surface area contributed by atoms with Gasteiger partial charge in [0.15, 0.2) is 0 Å². The molecule has 8 heteroatoms. The van der Waals surface area contributed by atoms with Crippen LogP contribution in [0, 0.1) is 0 Å². The molecule has 1 unspecified atom stereocenters. The van der Waals surface area contributed by atoms with Crippen molar-refractivity contribution in [1.82, 2.24) is 25.0 Å². The quantitative estimate of drug-likeness (QED) is 0.768. The van der Waals surface area contributed by atoms with E-state index < -0.39 is 18.2 Å². The average molecular weight is 235 g/mol. The van der Waals surface area contributed by atoms with E-state index in [-0.39, 0.29) is 0 Å². The van der Waals surface area contributed by atoms with E-state index in [9.17, 15) is 13.2 Å². The van der Waals surface area contributed by atoms with Crippen LogP contribution in [0.4, 0.5) is 13.2 Å². The first-order valence-corrected chi connectivity index (χ1v) is 4.79. The van der Waals surface area contributed by atoms with E-state index in [0.717, 1.165) is 4.57 Å². The van der Waals surface area contributed by atoms with Gasteiger partial charge in [-0.2, -0.15) is 13.2 Å². The number of aromatic nitrogens is 3. The summed E-state index contributed by atoms with van der Waals surface area (Å²) < 4.78 is 39.2. The van der Waals surface area contributed by atoms with Gasteiger partial charge >= 0.3 is 6.18 Å². The van der Waals surface area contributed by atoms with E-state index in [1.165, 1.54) is 0 Å². The van der Waals surface area contributed by atoms with Gasteiger partial charge in [-0.15, -0.1) is 10.2 Å². The van der Waals surface area contributed by atoms with Crippen LogP contribution in [0.25, 0.3) is 0 Å². The van der Waals surface area contributed by atoms with Gasteiger partial charge in [0.1, 0.15) is 12.0 Å². The van der Waals surface area contributed by atoms with Crippen molar-refractivity contribution in [2.45, 2.75) is 18.9 Å². The largest absolute Gasteiger partial charge is 0.451 e. The molecule has 0 amide bonds. The lowest BCUT2D eigenvalue weighted by Gasteiger charge is -2.31. The highest BCUT2D eigenvalue weighted by Gasteiger charge is 2.41. The summed E-state index contributed by atoms with van der Waals surface area (Å²) in [5.41, 5.74) is 0. The Morgan fingerprint density at radius 3 is 2.62 bits per heavy atom. The van der Waals surface area contributed by atoms with Gasteiger partial charge in [0, 0.05) is 6.54 Å². The summed E-state index contributed by atoms with van der Waals surface area (Å²) in [6, 6.07) is 0. The highest BCUT2D eigenvalue weighted by atomic mass is 19.4. The molecular weight excluding hydrogens is 223 g/mol. The number of hydrogen-bond donors (Lipinski definition) is 1. The summed E-state index contributed by atoms with van der Waals surface area (Å²) in [5, 5.41) is 9.79. The van der Waals surface area contributed by atoms with Crippen LogP contribution < -0.4 is 5.32 Å². The minimum absolute atomic E-state index is 0.313. The molecule has 90 valence electrons. The maximum atomic E-state index is 12.7. The highest BCUT2D eigenvalue weighted by molar-refractivity contribution is 5.04. The zero-order valence-electron chi connectivity index (χ0n) is 8.91. The molecule has 16 heavy (non-hydrogen) atoms. The second-order valence-corrected chi connectivity index (χ2v) is 3.88. The summed E-state index contributed by atoms with van der Waals surface area (Å²) >= 11 is 0. The predicted molar refractivity (Wildman–Crippen MR) is 49.5 cm³/mol. The number of nitrogens with zero attached hydrogens (tertiary/aromatic N) is 4. The smallest absolute Gasteiger partial charge is 0.306 e. The van der Waals surface area contributed by atoms with E-state index >= 15 is 0 Å². The van der Waals surface area contributed by atoms with Crippen LogP contribution in [-0.2, 0) is 12.7 Å². The number of likely N-dealkylation sites (N-methyl/N-ethyl adjacent to an activating group) is 1. The zero-order chi connectivity index (χ0) is 11.9. The van der Waals surface area contributed by atoms with Crippen LogP contribution in [-0.4, -0.2) is 40.3 Å². The van der Waals surface area contributed by atoms with Crippen LogP contribution in [0.5, 0.6) is 0 Å². The Kier molecular flexibility index (Phi) is 2.62. The minimum atomic E-state index is -4.46. The molecule has 1 aromatic rings. The Morgan fingerprint density at radius 1 is 1.38 bits per heavy atom. The van der Waals surface area contributed by atoms with Gasteiger partial charge in [-0.1, -0.05) is 0 Å². The Hall–Kier alpha value is -1.15. The lowest BCUT2D eigenvalue weighted by atomic mass is 10.3. The molecule has 0 saturated heterocycles. The molecule has 2 rings (SSSR count). The fourth-order valence-corrected chi connectivity index (χ4v) is 1.77. The second kappa shape index (κ2) is 3.70. The van der Waals surface area contributed by atoms with Crippen LogP contribution >= 0.6 is 0 Å². The van der Waals surface area contributed by atoms with Crippen molar-refractivity contribution in [1.29, 1.82) is 0 Å².